The number of carbonyl (C=O) groups is 1. The highest BCUT2D eigenvalue weighted by Crippen LogP contribution is 2.12. The second-order valence-corrected chi connectivity index (χ2v) is 4.26. The lowest BCUT2D eigenvalue weighted by atomic mass is 10.2. The van der Waals surface area contributed by atoms with Crippen LogP contribution in [0.25, 0.3) is 5.69 Å². The van der Waals surface area contributed by atoms with Crippen LogP contribution in [0.4, 0.5) is 0 Å². The molecule has 0 radical (unpaired) electrons. The number of aromatic nitrogens is 3. The minimum atomic E-state index is -0.489. The molecule has 0 bridgehead atoms. The highest BCUT2D eigenvalue weighted by atomic mass is 16.1. The van der Waals surface area contributed by atoms with Gasteiger partial charge in [-0.25, -0.2) is 4.68 Å². The van der Waals surface area contributed by atoms with E-state index in [-0.39, 0.29) is 6.04 Å². The predicted octanol–water partition coefficient (Wildman–Crippen LogP) is 1.04. The van der Waals surface area contributed by atoms with Crippen molar-refractivity contribution in [1.82, 2.24) is 20.1 Å². The molecule has 0 aliphatic rings. The minimum absolute atomic E-state index is 0.206. The maximum atomic E-state index is 11.0. The average molecular weight is 259 g/mol. The number of hydrogen-bond acceptors (Lipinski definition) is 4. The summed E-state index contributed by atoms with van der Waals surface area (Å²) in [5, 5.41) is 7.37. The van der Waals surface area contributed by atoms with Crippen molar-refractivity contribution in [3.8, 4) is 5.69 Å². The molecule has 6 nitrogen and oxygen atoms in total. The van der Waals surface area contributed by atoms with Gasteiger partial charge in [0.15, 0.2) is 0 Å². The molecule has 0 fully saturated rings. The molecule has 100 valence electrons. The molecule has 0 saturated carbocycles. The van der Waals surface area contributed by atoms with Gasteiger partial charge < -0.3 is 11.1 Å². The van der Waals surface area contributed by atoms with E-state index in [4.69, 9.17) is 5.73 Å². The summed E-state index contributed by atoms with van der Waals surface area (Å²) in [6.07, 6.45) is 4.76. The molecule has 1 unspecified atom stereocenters. The van der Waals surface area contributed by atoms with Gasteiger partial charge in [-0.3, -0.25) is 9.78 Å². The van der Waals surface area contributed by atoms with E-state index in [1.54, 1.807) is 17.1 Å². The summed E-state index contributed by atoms with van der Waals surface area (Å²) in [5.74, 6) is -0.489. The van der Waals surface area contributed by atoms with Gasteiger partial charge in [-0.15, -0.1) is 0 Å². The quantitative estimate of drug-likeness (QED) is 0.840. The molecule has 19 heavy (non-hydrogen) atoms. The molecule has 2 aromatic heterocycles. The zero-order valence-electron chi connectivity index (χ0n) is 11.0. The van der Waals surface area contributed by atoms with Crippen LogP contribution in [0.15, 0.2) is 30.7 Å². The Labute approximate surface area is 111 Å². The van der Waals surface area contributed by atoms with Crippen molar-refractivity contribution in [3.05, 3.63) is 42.0 Å². The van der Waals surface area contributed by atoms with Gasteiger partial charge in [-0.2, -0.15) is 5.10 Å². The van der Waals surface area contributed by atoms with Crippen LogP contribution in [0.3, 0.4) is 0 Å². The highest BCUT2D eigenvalue weighted by molar-refractivity contribution is 5.92. The summed E-state index contributed by atoms with van der Waals surface area (Å²) >= 11 is 0. The Morgan fingerprint density at radius 3 is 2.79 bits per heavy atom. The van der Waals surface area contributed by atoms with Crippen molar-refractivity contribution in [1.29, 1.82) is 0 Å². The van der Waals surface area contributed by atoms with Crippen molar-refractivity contribution in [2.45, 2.75) is 19.9 Å². The molecule has 6 heteroatoms. The van der Waals surface area contributed by atoms with Gasteiger partial charge in [0, 0.05) is 12.2 Å². The molecule has 2 aromatic rings. The van der Waals surface area contributed by atoms with Gasteiger partial charge in [0.25, 0.3) is 5.91 Å². The number of nitrogens with one attached hydrogen (secondary N) is 1. The number of pyridine rings is 1. The molecule has 0 spiro atoms. The smallest absolute Gasteiger partial charge is 0.251 e. The summed E-state index contributed by atoms with van der Waals surface area (Å²) in [4.78, 5) is 15.4. The van der Waals surface area contributed by atoms with Gasteiger partial charge in [0.1, 0.15) is 0 Å². The van der Waals surface area contributed by atoms with E-state index in [1.165, 1.54) is 6.20 Å². The molecule has 2 rings (SSSR count). The van der Waals surface area contributed by atoms with Crippen LogP contribution in [0, 0.1) is 0 Å². The summed E-state index contributed by atoms with van der Waals surface area (Å²) in [6, 6.07) is 4.06. The number of hydrogen-bond donors (Lipinski definition) is 2. The lowest BCUT2D eigenvalue weighted by Crippen LogP contribution is -2.18. The molecule has 2 heterocycles. The van der Waals surface area contributed by atoms with E-state index in [0.717, 1.165) is 17.9 Å². The van der Waals surface area contributed by atoms with Gasteiger partial charge in [0.05, 0.1) is 29.3 Å². The molecule has 1 atom stereocenters. The third-order valence-corrected chi connectivity index (χ3v) is 2.86. The van der Waals surface area contributed by atoms with Crippen LogP contribution < -0.4 is 11.1 Å². The first-order valence-electron chi connectivity index (χ1n) is 6.16. The topological polar surface area (TPSA) is 85.8 Å². The van der Waals surface area contributed by atoms with Crippen molar-refractivity contribution < 1.29 is 4.79 Å². The average Bonchev–Trinajstić information content (AvgIpc) is 2.89. The Kier molecular flexibility index (Phi) is 3.91. The fourth-order valence-corrected chi connectivity index (χ4v) is 1.79. The Morgan fingerprint density at radius 1 is 1.47 bits per heavy atom. The first kappa shape index (κ1) is 13.2. The Hall–Kier alpha value is -2.21. The first-order chi connectivity index (χ1) is 9.11. The Morgan fingerprint density at radius 2 is 2.26 bits per heavy atom. The van der Waals surface area contributed by atoms with Gasteiger partial charge >= 0.3 is 0 Å². The summed E-state index contributed by atoms with van der Waals surface area (Å²) in [7, 11) is 0. The van der Waals surface area contributed by atoms with Crippen molar-refractivity contribution in [2.75, 3.05) is 6.54 Å². The lowest BCUT2D eigenvalue weighted by molar-refractivity contribution is 0.100. The molecular formula is C13H17N5O. The number of nitrogens with two attached hydrogens (primary N) is 1. The second kappa shape index (κ2) is 5.62. The number of rotatable bonds is 5. The maximum absolute atomic E-state index is 11.0. The SMILES string of the molecule is CCNC(C)c1ccc(-n2cc(C(N)=O)cn2)cn1. The zero-order valence-corrected chi connectivity index (χ0v) is 11.0. The summed E-state index contributed by atoms with van der Waals surface area (Å²) < 4.78 is 1.58. The molecule has 0 aliphatic heterocycles. The zero-order chi connectivity index (χ0) is 13.8. The molecule has 1 amide bonds. The number of amides is 1. The monoisotopic (exact) mass is 259 g/mol. The van der Waals surface area contributed by atoms with Gasteiger partial charge in [-0.1, -0.05) is 6.92 Å². The van der Waals surface area contributed by atoms with Crippen LogP contribution in [-0.2, 0) is 0 Å². The molecule has 0 aliphatic carbocycles. The second-order valence-electron chi connectivity index (χ2n) is 4.26. The normalized spacial score (nSPS) is 12.3. The first-order valence-corrected chi connectivity index (χ1v) is 6.16. The summed E-state index contributed by atoms with van der Waals surface area (Å²) in [6.45, 7) is 5.01. The molecule has 0 aromatic carbocycles. The van der Waals surface area contributed by atoms with Gasteiger partial charge in [0.2, 0.25) is 0 Å². The Bertz CT molecular complexity index is 561. The van der Waals surface area contributed by atoms with Gasteiger partial charge in [-0.05, 0) is 25.6 Å². The minimum Gasteiger partial charge on any atom is -0.366 e. The number of primary amides is 1. The predicted molar refractivity (Wildman–Crippen MR) is 72.0 cm³/mol. The van der Waals surface area contributed by atoms with Crippen LogP contribution in [0.1, 0.15) is 35.9 Å². The van der Waals surface area contributed by atoms with E-state index >= 15 is 0 Å². The van der Waals surface area contributed by atoms with Crippen molar-refractivity contribution >= 4 is 5.91 Å². The lowest BCUT2D eigenvalue weighted by Gasteiger charge is -2.11. The fraction of sp³-hybridized carbons (Fsp3) is 0.308. The van der Waals surface area contributed by atoms with Crippen LogP contribution in [0.2, 0.25) is 0 Å². The van der Waals surface area contributed by atoms with Crippen molar-refractivity contribution in [2.24, 2.45) is 5.73 Å². The van der Waals surface area contributed by atoms with E-state index in [1.807, 2.05) is 12.1 Å². The van der Waals surface area contributed by atoms with E-state index in [2.05, 4.69) is 29.2 Å². The number of carbonyl (C=O) groups excluding carboxylic acids is 1. The third-order valence-electron chi connectivity index (χ3n) is 2.86. The third kappa shape index (κ3) is 2.97. The number of nitrogens with zero attached hydrogens (tertiary/aromatic N) is 3. The largest absolute Gasteiger partial charge is 0.366 e. The molecular weight excluding hydrogens is 242 g/mol. The molecule has 0 saturated heterocycles. The standard InChI is InChI=1S/C13H17N5O/c1-3-15-9(2)12-5-4-11(7-16-12)18-8-10(6-17-18)13(14)19/h4-9,15H,3H2,1-2H3,(H2,14,19). The van der Waals surface area contributed by atoms with E-state index < -0.39 is 5.91 Å². The summed E-state index contributed by atoms with van der Waals surface area (Å²) in [5.41, 5.74) is 7.32. The van der Waals surface area contributed by atoms with Crippen LogP contribution in [-0.4, -0.2) is 27.2 Å². The van der Waals surface area contributed by atoms with Crippen LogP contribution in [0.5, 0.6) is 0 Å². The van der Waals surface area contributed by atoms with E-state index in [0.29, 0.717) is 5.56 Å². The molecule has 3 N–H and O–H groups in total. The maximum Gasteiger partial charge on any atom is 0.251 e. The fourth-order valence-electron chi connectivity index (χ4n) is 1.79. The van der Waals surface area contributed by atoms with Crippen LogP contribution >= 0.6 is 0 Å². The van der Waals surface area contributed by atoms with E-state index in [9.17, 15) is 4.79 Å². The van der Waals surface area contributed by atoms with Crippen molar-refractivity contribution in [3.63, 3.8) is 0 Å². The Balaban J connectivity index is 2.19. The highest BCUT2D eigenvalue weighted by Gasteiger charge is 2.08.